The van der Waals surface area contributed by atoms with Crippen molar-refractivity contribution in [2.45, 2.75) is 23.6 Å². The normalized spacial score (nSPS) is 12.2. The van der Waals surface area contributed by atoms with Crippen LogP contribution in [0.5, 0.6) is 11.5 Å². The molecule has 0 bridgehead atoms. The maximum Gasteiger partial charge on any atom is 0.240 e. The van der Waals surface area contributed by atoms with Crippen LogP contribution in [0.4, 0.5) is 27.7 Å². The van der Waals surface area contributed by atoms with Crippen molar-refractivity contribution in [2.24, 2.45) is 10.2 Å². The van der Waals surface area contributed by atoms with Gasteiger partial charge in [0.2, 0.25) is 26.0 Å². The van der Waals surface area contributed by atoms with Gasteiger partial charge in [-0.05, 0) is 117 Å². The molecule has 0 spiro atoms. The Morgan fingerprint density at radius 3 is 1.61 bits per heavy atom. The predicted molar refractivity (Wildman–Crippen MR) is 221 cm³/mol. The fraction of sp³-hybridized carbons (Fsp3) is 0.100. The molecule has 5 aromatic carbocycles. The van der Waals surface area contributed by atoms with Gasteiger partial charge in [0.25, 0.3) is 0 Å². The molecule has 17 heteroatoms. The second kappa shape index (κ2) is 17.5. The quantitative estimate of drug-likeness (QED) is 0.0520. The van der Waals surface area contributed by atoms with Crippen LogP contribution in [0.1, 0.15) is 25.0 Å². The highest BCUT2D eigenvalue weighted by Gasteiger charge is 2.19. The summed E-state index contributed by atoms with van der Waals surface area (Å²) in [6.07, 6.45) is 0. The molecule has 0 aliphatic carbocycles. The Bertz CT molecular complexity index is 2530. The van der Waals surface area contributed by atoms with Gasteiger partial charge >= 0.3 is 0 Å². The molecule has 0 saturated heterocycles. The Balaban J connectivity index is 1.45. The molecule has 57 heavy (non-hydrogen) atoms. The largest absolute Gasteiger partial charge is 0.457 e. The minimum atomic E-state index is -3.63. The first-order valence-electron chi connectivity index (χ1n) is 17.3. The van der Waals surface area contributed by atoms with Gasteiger partial charge in [-0.2, -0.15) is 20.2 Å². The SMILES string of the molecule is CNS(=O)(=O)c1ccc(C(C)=NNc2nc(Nc3ccccc3)nc(NN=C(C)c3ccc(S(=O)(=O)NC)cc3)c2-c2cccc(Oc3ccc(F)cc3)c2)cc1. The van der Waals surface area contributed by atoms with E-state index in [-0.39, 0.29) is 27.4 Å². The van der Waals surface area contributed by atoms with Crippen molar-refractivity contribution in [2.75, 3.05) is 30.3 Å². The fourth-order valence-electron chi connectivity index (χ4n) is 5.35. The molecule has 6 aromatic rings. The highest BCUT2D eigenvalue weighted by molar-refractivity contribution is 7.89. The number of nitrogens with zero attached hydrogens (tertiary/aromatic N) is 4. The van der Waals surface area contributed by atoms with Gasteiger partial charge in [-0.15, -0.1) is 0 Å². The molecule has 0 unspecified atom stereocenters. The van der Waals surface area contributed by atoms with Gasteiger partial charge in [0.15, 0.2) is 11.6 Å². The number of hydrogen-bond donors (Lipinski definition) is 5. The van der Waals surface area contributed by atoms with Crippen molar-refractivity contribution in [3.05, 3.63) is 144 Å². The molecule has 0 radical (unpaired) electrons. The van der Waals surface area contributed by atoms with Gasteiger partial charge in [0, 0.05) is 5.69 Å². The summed E-state index contributed by atoms with van der Waals surface area (Å²) in [6, 6.07) is 34.6. The van der Waals surface area contributed by atoms with Gasteiger partial charge in [-0.25, -0.2) is 30.7 Å². The average Bonchev–Trinajstić information content (AvgIpc) is 3.23. The molecule has 0 fully saturated rings. The topological polar surface area (TPSA) is 188 Å². The number of hydrazone groups is 2. The van der Waals surface area contributed by atoms with Gasteiger partial charge < -0.3 is 10.1 Å². The molecule has 0 atom stereocenters. The monoisotopic (exact) mass is 807 g/mol. The smallest absolute Gasteiger partial charge is 0.240 e. The number of hydrogen-bond acceptors (Lipinski definition) is 12. The van der Waals surface area contributed by atoms with Crippen molar-refractivity contribution in [1.82, 2.24) is 19.4 Å². The van der Waals surface area contributed by atoms with Crippen LogP contribution >= 0.6 is 0 Å². The number of benzene rings is 5. The molecule has 5 N–H and O–H groups in total. The molecule has 0 amide bonds. The number of halogens is 1. The molecular weight excluding hydrogens is 770 g/mol. The zero-order valence-corrected chi connectivity index (χ0v) is 32.8. The van der Waals surface area contributed by atoms with E-state index in [0.29, 0.717) is 50.9 Å². The van der Waals surface area contributed by atoms with E-state index in [9.17, 15) is 21.2 Å². The molecule has 1 heterocycles. The number of anilines is 4. The molecule has 0 saturated carbocycles. The minimum Gasteiger partial charge on any atom is -0.457 e. The first-order chi connectivity index (χ1) is 27.3. The van der Waals surface area contributed by atoms with Crippen molar-refractivity contribution < 1.29 is 26.0 Å². The number of sulfonamides is 2. The summed E-state index contributed by atoms with van der Waals surface area (Å²) < 4.78 is 73.5. The molecule has 0 aliphatic rings. The Labute approximate surface area is 330 Å². The number of nitrogens with one attached hydrogen (secondary N) is 5. The first-order valence-corrected chi connectivity index (χ1v) is 20.3. The molecule has 0 aliphatic heterocycles. The molecular formula is C40H38FN9O5S2. The summed E-state index contributed by atoms with van der Waals surface area (Å²) >= 11 is 0. The van der Waals surface area contributed by atoms with Crippen LogP contribution in [0, 0.1) is 5.82 Å². The zero-order valence-electron chi connectivity index (χ0n) is 31.1. The third-order valence-electron chi connectivity index (χ3n) is 8.47. The van der Waals surface area contributed by atoms with Gasteiger partial charge in [-0.3, -0.25) is 10.9 Å². The Hall–Kier alpha value is -6.53. The van der Waals surface area contributed by atoms with Crippen LogP contribution < -0.4 is 30.3 Å². The Morgan fingerprint density at radius 1 is 0.614 bits per heavy atom. The minimum absolute atomic E-state index is 0.109. The lowest BCUT2D eigenvalue weighted by atomic mass is 10.1. The first kappa shape index (κ1) is 40.1. The standard InChI is InChI=1S/C40H38FN9O5S2/c1-26(28-13-21-35(22-14-28)56(51,52)42-3)47-49-38-37(30-9-8-12-34(25-30)55-33-19-17-31(41)18-20-33)39(46-40(45-38)44-32-10-6-5-7-11-32)50-48-27(2)29-15-23-36(24-16-29)57(53,54)43-4/h5-25,42-43H,1-4H3,(H3,44,45,46,49,50). The number of para-hydroxylation sites is 1. The average molecular weight is 808 g/mol. The maximum absolute atomic E-state index is 13.6. The van der Waals surface area contributed by atoms with Crippen LogP contribution in [-0.2, 0) is 20.0 Å². The lowest BCUT2D eigenvalue weighted by Gasteiger charge is -2.17. The van der Waals surface area contributed by atoms with Crippen molar-refractivity contribution >= 4 is 54.7 Å². The van der Waals surface area contributed by atoms with Gasteiger partial charge in [0.1, 0.15) is 17.3 Å². The number of rotatable bonds is 15. The van der Waals surface area contributed by atoms with Crippen LogP contribution in [0.15, 0.2) is 147 Å². The Morgan fingerprint density at radius 2 is 1.12 bits per heavy atom. The van der Waals surface area contributed by atoms with E-state index in [1.807, 2.05) is 36.4 Å². The number of aromatic nitrogens is 2. The van der Waals surface area contributed by atoms with Crippen LogP contribution in [0.3, 0.4) is 0 Å². The third kappa shape index (κ3) is 10.0. The zero-order chi connectivity index (χ0) is 40.6. The highest BCUT2D eigenvalue weighted by atomic mass is 32.2. The van der Waals surface area contributed by atoms with E-state index >= 15 is 0 Å². The molecule has 292 valence electrons. The fourth-order valence-corrected chi connectivity index (χ4v) is 6.81. The third-order valence-corrected chi connectivity index (χ3v) is 11.3. The lowest BCUT2D eigenvalue weighted by Crippen LogP contribution is -2.18. The lowest BCUT2D eigenvalue weighted by molar-refractivity contribution is 0.481. The van der Waals surface area contributed by atoms with E-state index < -0.39 is 25.9 Å². The van der Waals surface area contributed by atoms with Crippen LogP contribution in [-0.4, -0.2) is 52.3 Å². The summed E-state index contributed by atoms with van der Waals surface area (Å²) in [5, 5.41) is 12.5. The van der Waals surface area contributed by atoms with Crippen LogP contribution in [0.25, 0.3) is 11.1 Å². The van der Waals surface area contributed by atoms with E-state index in [4.69, 9.17) is 14.7 Å². The summed E-state index contributed by atoms with van der Waals surface area (Å²) in [5.74, 6) is 1.17. The second-order valence-electron chi connectivity index (χ2n) is 12.3. The van der Waals surface area contributed by atoms with Crippen LogP contribution in [0.2, 0.25) is 0 Å². The molecule has 14 nitrogen and oxygen atoms in total. The summed E-state index contributed by atoms with van der Waals surface area (Å²) in [7, 11) is -4.58. The van der Waals surface area contributed by atoms with E-state index in [0.717, 1.165) is 0 Å². The second-order valence-corrected chi connectivity index (χ2v) is 16.0. The summed E-state index contributed by atoms with van der Waals surface area (Å²) in [4.78, 5) is 9.85. The summed E-state index contributed by atoms with van der Waals surface area (Å²) in [6.45, 7) is 3.52. The molecule has 1 aromatic heterocycles. The molecule has 6 rings (SSSR count). The number of ether oxygens (including phenoxy) is 1. The van der Waals surface area contributed by atoms with Crippen molar-refractivity contribution in [1.29, 1.82) is 0 Å². The maximum atomic E-state index is 13.6. The van der Waals surface area contributed by atoms with Gasteiger partial charge in [0.05, 0.1) is 26.8 Å². The van der Waals surface area contributed by atoms with E-state index in [2.05, 4.69) is 35.8 Å². The Kier molecular flexibility index (Phi) is 12.3. The van der Waals surface area contributed by atoms with Crippen molar-refractivity contribution in [3.63, 3.8) is 0 Å². The van der Waals surface area contributed by atoms with E-state index in [1.165, 1.54) is 62.6 Å². The predicted octanol–water partition coefficient (Wildman–Crippen LogP) is 7.31. The highest BCUT2D eigenvalue weighted by Crippen LogP contribution is 2.37. The summed E-state index contributed by atoms with van der Waals surface area (Å²) in [5.41, 5.74) is 10.3. The van der Waals surface area contributed by atoms with E-state index in [1.54, 1.807) is 56.3 Å². The van der Waals surface area contributed by atoms with Gasteiger partial charge in [-0.1, -0.05) is 54.6 Å². The van der Waals surface area contributed by atoms with Crippen molar-refractivity contribution in [3.8, 4) is 22.6 Å².